The Kier molecular flexibility index (Phi) is 6.85. The molecule has 3 aromatic rings. The predicted octanol–water partition coefficient (Wildman–Crippen LogP) is 3.63. The molecule has 0 atom stereocenters. The maximum absolute atomic E-state index is 13.3. The lowest BCUT2D eigenvalue weighted by atomic mass is 9.87. The van der Waals surface area contributed by atoms with Crippen molar-refractivity contribution in [3.63, 3.8) is 0 Å². The zero-order valence-corrected chi connectivity index (χ0v) is 21.7. The maximum atomic E-state index is 13.3. The average Bonchev–Trinajstić information content (AvgIpc) is 3.12. The lowest BCUT2D eigenvalue weighted by molar-refractivity contribution is -0.132. The van der Waals surface area contributed by atoms with Crippen molar-refractivity contribution in [3.8, 4) is 0 Å². The van der Waals surface area contributed by atoms with E-state index in [1.54, 1.807) is 24.3 Å². The number of amides is 4. The number of nitrogens with zero attached hydrogens (tertiary/aromatic N) is 5. The van der Waals surface area contributed by atoms with Crippen molar-refractivity contribution in [1.82, 2.24) is 25.2 Å². The Morgan fingerprint density at radius 3 is 2.50 bits per heavy atom. The number of imide groups is 1. The van der Waals surface area contributed by atoms with Crippen LogP contribution in [0.3, 0.4) is 0 Å². The minimum Gasteiger partial charge on any atom is -0.340 e. The van der Waals surface area contributed by atoms with Crippen molar-refractivity contribution in [3.05, 3.63) is 64.9 Å². The van der Waals surface area contributed by atoms with E-state index in [-0.39, 0.29) is 24.4 Å². The van der Waals surface area contributed by atoms with Gasteiger partial charge in [0.05, 0.1) is 6.54 Å². The Bertz CT molecular complexity index is 1390. The van der Waals surface area contributed by atoms with Crippen LogP contribution in [0.25, 0.3) is 0 Å². The van der Waals surface area contributed by atoms with Gasteiger partial charge in [0.15, 0.2) is 0 Å². The summed E-state index contributed by atoms with van der Waals surface area (Å²) in [5.41, 5.74) is 2.20. The van der Waals surface area contributed by atoms with Crippen molar-refractivity contribution in [2.24, 2.45) is 0 Å². The molecule has 11 nitrogen and oxygen atoms in total. The fourth-order valence-corrected chi connectivity index (χ4v) is 4.86. The first-order chi connectivity index (χ1) is 18.2. The topological polar surface area (TPSA) is 132 Å². The Hall–Kier alpha value is -4.25. The van der Waals surface area contributed by atoms with E-state index in [0.717, 1.165) is 16.8 Å². The monoisotopic (exact) mass is 534 g/mol. The Morgan fingerprint density at radius 2 is 1.79 bits per heavy atom. The van der Waals surface area contributed by atoms with Gasteiger partial charge in [-0.3, -0.25) is 14.5 Å². The van der Waals surface area contributed by atoms with Gasteiger partial charge < -0.3 is 20.9 Å². The summed E-state index contributed by atoms with van der Waals surface area (Å²) in [7, 11) is 0. The highest BCUT2D eigenvalue weighted by Crippen LogP contribution is 2.32. The first kappa shape index (κ1) is 25.4. The molecule has 4 amide bonds. The summed E-state index contributed by atoms with van der Waals surface area (Å²) in [6, 6.07) is 12.2. The molecule has 2 aliphatic rings. The fraction of sp³-hybridized carbons (Fsp3) is 0.308. The van der Waals surface area contributed by atoms with Gasteiger partial charge in [0, 0.05) is 36.4 Å². The summed E-state index contributed by atoms with van der Waals surface area (Å²) in [6.45, 7) is 4.52. The number of aromatic nitrogens is 3. The van der Waals surface area contributed by atoms with Crippen LogP contribution in [0.2, 0.25) is 5.02 Å². The second-order valence-corrected chi connectivity index (χ2v) is 9.85. The van der Waals surface area contributed by atoms with Crippen molar-refractivity contribution in [2.45, 2.75) is 38.8 Å². The molecule has 196 valence electrons. The molecule has 5 rings (SSSR count). The fourth-order valence-electron chi connectivity index (χ4n) is 4.74. The molecule has 1 spiro atoms. The molecular formula is C26H27ClN8O3. The number of piperidine rings is 1. The summed E-state index contributed by atoms with van der Waals surface area (Å²) in [5, 5.41) is 9.53. The molecule has 2 saturated heterocycles. The second-order valence-electron chi connectivity index (χ2n) is 9.41. The van der Waals surface area contributed by atoms with Crippen molar-refractivity contribution in [2.75, 3.05) is 28.6 Å². The summed E-state index contributed by atoms with van der Waals surface area (Å²) >= 11 is 5.95. The normalized spacial score (nSPS) is 16.5. The van der Waals surface area contributed by atoms with E-state index in [0.29, 0.717) is 48.5 Å². The number of rotatable bonds is 6. The average molecular weight is 535 g/mol. The van der Waals surface area contributed by atoms with Crippen molar-refractivity contribution in [1.29, 1.82) is 0 Å². The quantitative estimate of drug-likeness (QED) is 0.408. The van der Waals surface area contributed by atoms with Gasteiger partial charge in [0.25, 0.3) is 5.91 Å². The van der Waals surface area contributed by atoms with Crippen LogP contribution in [0.5, 0.6) is 0 Å². The van der Waals surface area contributed by atoms with E-state index in [9.17, 15) is 14.4 Å². The molecule has 2 aromatic carbocycles. The highest BCUT2D eigenvalue weighted by Gasteiger charge is 2.52. The third kappa shape index (κ3) is 5.10. The molecule has 38 heavy (non-hydrogen) atoms. The molecule has 12 heteroatoms. The number of hydrogen-bond acceptors (Lipinski definition) is 8. The lowest BCUT2D eigenvalue weighted by Gasteiger charge is -2.37. The van der Waals surface area contributed by atoms with Gasteiger partial charge in [-0.25, -0.2) is 14.8 Å². The van der Waals surface area contributed by atoms with E-state index in [1.807, 2.05) is 30.0 Å². The minimum atomic E-state index is -0.935. The molecule has 0 radical (unpaired) electrons. The second kappa shape index (κ2) is 10.3. The van der Waals surface area contributed by atoms with E-state index >= 15 is 0 Å². The molecule has 0 unspecified atom stereocenters. The van der Waals surface area contributed by atoms with Gasteiger partial charge in [-0.15, -0.1) is 0 Å². The summed E-state index contributed by atoms with van der Waals surface area (Å²) in [4.78, 5) is 53.8. The van der Waals surface area contributed by atoms with Gasteiger partial charge in [-0.2, -0.15) is 4.98 Å². The molecule has 0 bridgehead atoms. The first-order valence-corrected chi connectivity index (χ1v) is 12.6. The molecule has 2 fully saturated rings. The predicted molar refractivity (Wildman–Crippen MR) is 143 cm³/mol. The number of hydrogen-bond donors (Lipinski definition) is 3. The summed E-state index contributed by atoms with van der Waals surface area (Å²) in [5.74, 6) is 0.464. The van der Waals surface area contributed by atoms with Crippen LogP contribution in [0, 0.1) is 6.92 Å². The first-order valence-electron chi connectivity index (χ1n) is 12.2. The molecule has 0 saturated carbocycles. The maximum Gasteiger partial charge on any atom is 0.325 e. The van der Waals surface area contributed by atoms with Crippen LogP contribution >= 0.6 is 11.6 Å². The molecule has 0 aliphatic carbocycles. The van der Waals surface area contributed by atoms with Crippen molar-refractivity contribution < 1.29 is 14.4 Å². The number of halogens is 1. The van der Waals surface area contributed by atoms with Crippen LogP contribution < -0.4 is 20.9 Å². The molecule has 1 aromatic heterocycles. The molecular weight excluding hydrogens is 508 g/mol. The standard InChI is InChI=1S/C26H27ClN8O3/c1-16-20(30-17(2)36)4-3-5-21(16)31-23-28-15-29-24(32-23)34-12-10-26(11-13-34)22(37)35(25(38)33-26)14-18-6-8-19(27)9-7-18/h3-9,15H,10-14H2,1-2H3,(H,30,36)(H,33,38)(H,28,29,31,32). The van der Waals surface area contributed by atoms with Crippen molar-refractivity contribution >= 4 is 52.7 Å². The van der Waals surface area contributed by atoms with E-state index < -0.39 is 5.54 Å². The number of nitrogens with one attached hydrogen (secondary N) is 3. The SMILES string of the molecule is CC(=O)Nc1cccc(Nc2ncnc(N3CCC4(CC3)NC(=O)N(Cc3ccc(Cl)cc3)C4=O)n2)c1C. The smallest absolute Gasteiger partial charge is 0.325 e. The highest BCUT2D eigenvalue weighted by atomic mass is 35.5. The number of carbonyl (C=O) groups excluding carboxylic acids is 3. The van der Waals surface area contributed by atoms with Gasteiger partial charge >= 0.3 is 6.03 Å². The van der Waals surface area contributed by atoms with E-state index in [1.165, 1.54) is 18.2 Å². The van der Waals surface area contributed by atoms with Crippen LogP contribution in [0.1, 0.15) is 30.9 Å². The van der Waals surface area contributed by atoms with Gasteiger partial charge in [-0.1, -0.05) is 29.8 Å². The number of anilines is 4. The number of benzene rings is 2. The van der Waals surface area contributed by atoms with Crippen LogP contribution in [0.15, 0.2) is 48.8 Å². The van der Waals surface area contributed by atoms with E-state index in [2.05, 4.69) is 30.9 Å². The highest BCUT2D eigenvalue weighted by molar-refractivity contribution is 6.30. The van der Waals surface area contributed by atoms with Gasteiger partial charge in [-0.05, 0) is 55.2 Å². The van der Waals surface area contributed by atoms with Gasteiger partial charge in [0.1, 0.15) is 11.9 Å². The molecule has 2 aliphatic heterocycles. The Morgan fingerprint density at radius 1 is 1.08 bits per heavy atom. The number of urea groups is 1. The third-order valence-electron chi connectivity index (χ3n) is 6.85. The molecule has 3 N–H and O–H groups in total. The zero-order valence-electron chi connectivity index (χ0n) is 21.0. The summed E-state index contributed by atoms with van der Waals surface area (Å²) in [6.07, 6.45) is 2.29. The van der Waals surface area contributed by atoms with Crippen LogP contribution in [-0.2, 0) is 16.1 Å². The van der Waals surface area contributed by atoms with Crippen LogP contribution in [0.4, 0.5) is 28.1 Å². The van der Waals surface area contributed by atoms with Gasteiger partial charge in [0.2, 0.25) is 17.8 Å². The Balaban J connectivity index is 1.25. The third-order valence-corrected chi connectivity index (χ3v) is 7.10. The Labute approximate surface area is 224 Å². The van der Waals surface area contributed by atoms with E-state index in [4.69, 9.17) is 11.6 Å². The van der Waals surface area contributed by atoms with Crippen LogP contribution in [-0.4, -0.2) is 56.3 Å². The number of carbonyl (C=O) groups is 3. The summed E-state index contributed by atoms with van der Waals surface area (Å²) < 4.78 is 0. The largest absolute Gasteiger partial charge is 0.340 e. The minimum absolute atomic E-state index is 0.152. The lowest BCUT2D eigenvalue weighted by Crippen LogP contribution is -2.55. The zero-order chi connectivity index (χ0) is 26.9. The molecule has 3 heterocycles.